The third-order valence-electron chi connectivity index (χ3n) is 2.86. The zero-order valence-corrected chi connectivity index (χ0v) is 6.85. The predicted octanol–water partition coefficient (Wildman–Crippen LogP) is 3.08. The third kappa shape index (κ3) is 1.70. The van der Waals surface area contributed by atoms with E-state index in [9.17, 15) is 0 Å². The molecule has 0 aromatic heterocycles. The molecule has 0 heteroatoms. The molecule has 1 fully saturated rings. The molecule has 9 heavy (non-hydrogen) atoms. The maximum absolute atomic E-state index is 2.39. The molecular formula is C9H18. The third-order valence-corrected chi connectivity index (χ3v) is 2.86. The average Bonchev–Trinajstić information content (AvgIpc) is 1.80. The van der Waals surface area contributed by atoms with Crippen molar-refractivity contribution in [2.45, 2.75) is 40.0 Å². The van der Waals surface area contributed by atoms with Gasteiger partial charge in [0, 0.05) is 0 Å². The molecule has 1 aliphatic carbocycles. The van der Waals surface area contributed by atoms with E-state index in [1.165, 1.54) is 19.3 Å². The topological polar surface area (TPSA) is 0 Å². The Morgan fingerprint density at radius 3 is 2.00 bits per heavy atom. The van der Waals surface area contributed by atoms with Gasteiger partial charge in [-0.25, -0.2) is 0 Å². The molecule has 0 nitrogen and oxygen atoms in total. The second-order valence-corrected chi connectivity index (χ2v) is 3.87. The second-order valence-electron chi connectivity index (χ2n) is 3.87. The highest BCUT2D eigenvalue weighted by Crippen LogP contribution is 2.32. The first-order chi connectivity index (χ1) is 4.20. The van der Waals surface area contributed by atoms with Crippen LogP contribution in [-0.2, 0) is 0 Å². The van der Waals surface area contributed by atoms with Crippen LogP contribution in [0.3, 0.4) is 0 Å². The first-order valence-corrected chi connectivity index (χ1v) is 4.20. The molecule has 0 spiro atoms. The van der Waals surface area contributed by atoms with E-state index in [1.54, 1.807) is 0 Å². The summed E-state index contributed by atoms with van der Waals surface area (Å²) >= 11 is 0. The van der Waals surface area contributed by atoms with Gasteiger partial charge in [0.05, 0.1) is 0 Å². The SMILES string of the molecule is CC1CC[C@@H](C)C[C@@H]1C. The monoisotopic (exact) mass is 126 g/mol. The molecule has 0 heterocycles. The Balaban J connectivity index is 2.35. The summed E-state index contributed by atoms with van der Waals surface area (Å²) < 4.78 is 0. The van der Waals surface area contributed by atoms with Gasteiger partial charge in [-0.3, -0.25) is 0 Å². The van der Waals surface area contributed by atoms with Crippen molar-refractivity contribution in [2.24, 2.45) is 17.8 Å². The Labute approximate surface area is 58.7 Å². The predicted molar refractivity (Wildman–Crippen MR) is 41.3 cm³/mol. The van der Waals surface area contributed by atoms with Gasteiger partial charge in [-0.2, -0.15) is 0 Å². The quantitative estimate of drug-likeness (QED) is 0.468. The van der Waals surface area contributed by atoms with Crippen LogP contribution >= 0.6 is 0 Å². The molecule has 0 radical (unpaired) electrons. The molecule has 1 unspecified atom stereocenters. The minimum Gasteiger partial charge on any atom is -0.0625 e. The van der Waals surface area contributed by atoms with Gasteiger partial charge >= 0.3 is 0 Å². The molecule has 0 aromatic rings. The van der Waals surface area contributed by atoms with Crippen LogP contribution in [-0.4, -0.2) is 0 Å². The van der Waals surface area contributed by atoms with Crippen LogP contribution in [0.2, 0.25) is 0 Å². The summed E-state index contributed by atoms with van der Waals surface area (Å²) in [4.78, 5) is 0. The Morgan fingerprint density at radius 1 is 0.889 bits per heavy atom. The van der Waals surface area contributed by atoms with E-state index in [0.717, 1.165) is 17.8 Å². The lowest BCUT2D eigenvalue weighted by molar-refractivity contribution is 0.220. The van der Waals surface area contributed by atoms with Gasteiger partial charge in [0.15, 0.2) is 0 Å². The van der Waals surface area contributed by atoms with Gasteiger partial charge in [0.25, 0.3) is 0 Å². The first-order valence-electron chi connectivity index (χ1n) is 4.20. The fourth-order valence-corrected chi connectivity index (χ4v) is 1.82. The van der Waals surface area contributed by atoms with Crippen LogP contribution in [0.4, 0.5) is 0 Å². The van der Waals surface area contributed by atoms with Crippen LogP contribution in [0.25, 0.3) is 0 Å². The lowest BCUT2D eigenvalue weighted by Crippen LogP contribution is -2.18. The van der Waals surface area contributed by atoms with Crippen LogP contribution < -0.4 is 0 Å². The highest BCUT2D eigenvalue weighted by Gasteiger charge is 2.20. The molecule has 0 amide bonds. The zero-order valence-electron chi connectivity index (χ0n) is 6.85. The van der Waals surface area contributed by atoms with Gasteiger partial charge in [-0.05, 0) is 24.2 Å². The van der Waals surface area contributed by atoms with Crippen molar-refractivity contribution >= 4 is 0 Å². The van der Waals surface area contributed by atoms with E-state index in [4.69, 9.17) is 0 Å². The average molecular weight is 126 g/mol. The summed E-state index contributed by atoms with van der Waals surface area (Å²) in [5, 5.41) is 0. The van der Waals surface area contributed by atoms with E-state index in [0.29, 0.717) is 0 Å². The largest absolute Gasteiger partial charge is 0.0625 e. The van der Waals surface area contributed by atoms with E-state index >= 15 is 0 Å². The highest BCUT2D eigenvalue weighted by atomic mass is 14.3. The highest BCUT2D eigenvalue weighted by molar-refractivity contribution is 4.72. The maximum atomic E-state index is 2.39. The Bertz CT molecular complexity index is 86.0. The van der Waals surface area contributed by atoms with E-state index in [1.807, 2.05) is 0 Å². The van der Waals surface area contributed by atoms with Crippen molar-refractivity contribution in [1.82, 2.24) is 0 Å². The van der Waals surface area contributed by atoms with Crippen LogP contribution in [0, 0.1) is 17.8 Å². The van der Waals surface area contributed by atoms with Gasteiger partial charge in [0.2, 0.25) is 0 Å². The molecule has 1 saturated carbocycles. The second kappa shape index (κ2) is 2.72. The minimum absolute atomic E-state index is 0.980. The number of rotatable bonds is 0. The zero-order chi connectivity index (χ0) is 6.85. The van der Waals surface area contributed by atoms with Crippen molar-refractivity contribution in [2.75, 3.05) is 0 Å². The summed E-state index contributed by atoms with van der Waals surface area (Å²) in [7, 11) is 0. The molecular weight excluding hydrogens is 108 g/mol. The Kier molecular flexibility index (Phi) is 2.15. The minimum atomic E-state index is 0.980. The van der Waals surface area contributed by atoms with Crippen LogP contribution in [0.15, 0.2) is 0 Å². The van der Waals surface area contributed by atoms with Crippen LogP contribution in [0.1, 0.15) is 40.0 Å². The lowest BCUT2D eigenvalue weighted by atomic mass is 9.77. The normalized spacial score (nSPS) is 45.0. The molecule has 1 rings (SSSR count). The maximum Gasteiger partial charge on any atom is -0.0414 e. The van der Waals surface area contributed by atoms with E-state index in [-0.39, 0.29) is 0 Å². The molecule has 0 bridgehead atoms. The Hall–Kier alpha value is 0. The van der Waals surface area contributed by atoms with Crippen molar-refractivity contribution in [1.29, 1.82) is 0 Å². The Morgan fingerprint density at radius 2 is 1.56 bits per heavy atom. The number of hydrogen-bond acceptors (Lipinski definition) is 0. The number of hydrogen-bond donors (Lipinski definition) is 0. The van der Waals surface area contributed by atoms with Gasteiger partial charge < -0.3 is 0 Å². The van der Waals surface area contributed by atoms with Crippen molar-refractivity contribution < 1.29 is 0 Å². The van der Waals surface area contributed by atoms with Crippen molar-refractivity contribution in [3.63, 3.8) is 0 Å². The molecule has 0 N–H and O–H groups in total. The molecule has 54 valence electrons. The standard InChI is InChI=1S/C9H18/c1-7-4-5-8(2)9(3)6-7/h7-9H,4-6H2,1-3H3/t7-,8?,9+/m1/s1. The fourth-order valence-electron chi connectivity index (χ4n) is 1.82. The molecule has 0 aromatic carbocycles. The van der Waals surface area contributed by atoms with E-state index in [2.05, 4.69) is 20.8 Å². The van der Waals surface area contributed by atoms with Crippen molar-refractivity contribution in [3.05, 3.63) is 0 Å². The van der Waals surface area contributed by atoms with Crippen molar-refractivity contribution in [3.8, 4) is 0 Å². The molecule has 1 aliphatic rings. The summed E-state index contributed by atoms with van der Waals surface area (Å²) in [6.07, 6.45) is 4.38. The first kappa shape index (κ1) is 7.11. The summed E-state index contributed by atoms with van der Waals surface area (Å²) in [5.74, 6) is 2.96. The molecule has 0 aliphatic heterocycles. The molecule has 0 saturated heterocycles. The summed E-state index contributed by atoms with van der Waals surface area (Å²) in [5.41, 5.74) is 0. The summed E-state index contributed by atoms with van der Waals surface area (Å²) in [6.45, 7) is 7.15. The lowest BCUT2D eigenvalue weighted by Gasteiger charge is -2.29. The van der Waals surface area contributed by atoms with Gasteiger partial charge in [-0.1, -0.05) is 33.6 Å². The smallest absolute Gasteiger partial charge is 0.0414 e. The van der Waals surface area contributed by atoms with Gasteiger partial charge in [-0.15, -0.1) is 0 Å². The molecule has 3 atom stereocenters. The summed E-state index contributed by atoms with van der Waals surface area (Å²) in [6, 6.07) is 0. The fraction of sp³-hybridized carbons (Fsp3) is 1.00. The van der Waals surface area contributed by atoms with Gasteiger partial charge in [0.1, 0.15) is 0 Å². The van der Waals surface area contributed by atoms with Crippen LogP contribution in [0.5, 0.6) is 0 Å². The van der Waals surface area contributed by atoms with E-state index < -0.39 is 0 Å².